The van der Waals surface area contributed by atoms with E-state index in [9.17, 15) is 4.79 Å². The maximum absolute atomic E-state index is 12.4. The smallest absolute Gasteiger partial charge is 0.243 e. The minimum absolute atomic E-state index is 0.105. The Bertz CT molecular complexity index is 808. The van der Waals surface area contributed by atoms with Crippen LogP contribution in [0.2, 0.25) is 0 Å². The third-order valence-corrected chi connectivity index (χ3v) is 4.00. The Labute approximate surface area is 165 Å². The number of carbonyl (C=O) groups is 1. The van der Waals surface area contributed by atoms with Crippen molar-refractivity contribution in [2.45, 2.75) is 20.8 Å². The van der Waals surface area contributed by atoms with E-state index in [0.717, 1.165) is 11.3 Å². The van der Waals surface area contributed by atoms with E-state index in [1.807, 2.05) is 32.9 Å². The minimum atomic E-state index is -0.180. The van der Waals surface area contributed by atoms with Crippen molar-refractivity contribution in [3.63, 3.8) is 0 Å². The van der Waals surface area contributed by atoms with Crippen LogP contribution in [0, 0.1) is 6.92 Å². The van der Waals surface area contributed by atoms with Gasteiger partial charge in [-0.1, -0.05) is 0 Å². The largest absolute Gasteiger partial charge is 0.493 e. The lowest BCUT2D eigenvalue weighted by Gasteiger charge is -2.15. The number of ether oxygens (including phenoxy) is 4. The van der Waals surface area contributed by atoms with E-state index < -0.39 is 0 Å². The Hall–Kier alpha value is -3.09. The summed E-state index contributed by atoms with van der Waals surface area (Å²) in [6.07, 6.45) is 0. The second-order valence-corrected chi connectivity index (χ2v) is 5.95. The molecule has 0 bridgehead atoms. The number of methoxy groups -OCH3 is 2. The highest BCUT2D eigenvalue weighted by atomic mass is 16.5. The fourth-order valence-corrected chi connectivity index (χ4v) is 2.68. The molecule has 0 aliphatic carbocycles. The fraction of sp³-hybridized carbons (Fsp3) is 0.381. The average molecular weight is 388 g/mol. The Morgan fingerprint density at radius 2 is 1.54 bits per heavy atom. The predicted molar refractivity (Wildman–Crippen MR) is 110 cm³/mol. The van der Waals surface area contributed by atoms with Gasteiger partial charge in [-0.05, 0) is 44.5 Å². The molecule has 7 nitrogen and oxygen atoms in total. The van der Waals surface area contributed by atoms with Crippen molar-refractivity contribution in [2.75, 3.05) is 44.6 Å². The molecule has 2 aromatic rings. The summed E-state index contributed by atoms with van der Waals surface area (Å²) in [7, 11) is 3.16. The summed E-state index contributed by atoms with van der Waals surface area (Å²) >= 11 is 0. The summed E-state index contributed by atoms with van der Waals surface area (Å²) in [6.45, 7) is 6.90. The zero-order chi connectivity index (χ0) is 20.5. The van der Waals surface area contributed by atoms with Gasteiger partial charge in [-0.25, -0.2) is 0 Å². The average Bonchev–Trinajstić information content (AvgIpc) is 2.69. The van der Waals surface area contributed by atoms with Crippen LogP contribution in [0.15, 0.2) is 30.3 Å². The number of hydrogen-bond acceptors (Lipinski definition) is 6. The number of aryl methyl sites for hydroxylation is 1. The first kappa shape index (κ1) is 21.2. The van der Waals surface area contributed by atoms with Crippen LogP contribution in [-0.2, 0) is 4.79 Å². The molecule has 2 rings (SSSR count). The molecule has 0 saturated carbocycles. The molecule has 28 heavy (non-hydrogen) atoms. The molecule has 7 heteroatoms. The Balaban J connectivity index is 2.04. The van der Waals surface area contributed by atoms with Gasteiger partial charge in [0.05, 0.1) is 34.0 Å². The van der Waals surface area contributed by atoms with Gasteiger partial charge in [0.1, 0.15) is 0 Å². The van der Waals surface area contributed by atoms with E-state index in [1.165, 1.54) is 0 Å². The number of nitrogens with one attached hydrogen (secondary N) is 2. The molecular formula is C21H28N2O5. The Morgan fingerprint density at radius 3 is 2.18 bits per heavy atom. The molecule has 0 aliphatic heterocycles. The van der Waals surface area contributed by atoms with Gasteiger partial charge in [0.25, 0.3) is 0 Å². The number of rotatable bonds is 10. The van der Waals surface area contributed by atoms with E-state index in [1.54, 1.807) is 32.4 Å². The molecule has 2 N–H and O–H groups in total. The summed E-state index contributed by atoms with van der Waals surface area (Å²) in [6, 6.07) is 9.00. The Kier molecular flexibility index (Phi) is 7.80. The van der Waals surface area contributed by atoms with Crippen molar-refractivity contribution in [1.29, 1.82) is 0 Å². The summed E-state index contributed by atoms with van der Waals surface area (Å²) in [4.78, 5) is 12.4. The zero-order valence-corrected chi connectivity index (χ0v) is 17.0. The normalized spacial score (nSPS) is 10.2. The summed E-state index contributed by atoms with van der Waals surface area (Å²) in [5.41, 5.74) is 2.39. The van der Waals surface area contributed by atoms with E-state index >= 15 is 0 Å². The summed E-state index contributed by atoms with van der Waals surface area (Å²) < 4.78 is 21.7. The van der Waals surface area contributed by atoms with Crippen LogP contribution < -0.4 is 29.6 Å². The molecule has 0 aromatic heterocycles. The standard InChI is InChI=1S/C21H28N2O5/c1-6-27-17-9-8-15(11-20(17)28-7-2)23-21(24)13-22-16-12-19(26-5)18(25-4)10-14(16)3/h8-12,22H,6-7,13H2,1-5H3,(H,23,24). The van der Waals surface area contributed by atoms with E-state index in [2.05, 4.69) is 10.6 Å². The Morgan fingerprint density at radius 1 is 0.893 bits per heavy atom. The quantitative estimate of drug-likeness (QED) is 0.644. The van der Waals surface area contributed by atoms with Crippen LogP contribution in [0.5, 0.6) is 23.0 Å². The van der Waals surface area contributed by atoms with Crippen molar-refractivity contribution in [2.24, 2.45) is 0 Å². The van der Waals surface area contributed by atoms with Crippen molar-refractivity contribution in [1.82, 2.24) is 0 Å². The predicted octanol–water partition coefficient (Wildman–Crippen LogP) is 3.86. The first-order valence-electron chi connectivity index (χ1n) is 9.18. The molecule has 0 heterocycles. The summed E-state index contributed by atoms with van der Waals surface area (Å²) in [5.74, 6) is 2.32. The van der Waals surface area contributed by atoms with Crippen molar-refractivity contribution in [3.8, 4) is 23.0 Å². The van der Waals surface area contributed by atoms with Crippen molar-refractivity contribution in [3.05, 3.63) is 35.9 Å². The van der Waals surface area contributed by atoms with Gasteiger partial charge in [-0.3, -0.25) is 4.79 Å². The van der Waals surface area contributed by atoms with Crippen LogP contribution in [0.25, 0.3) is 0 Å². The number of amides is 1. The van der Waals surface area contributed by atoms with E-state index in [4.69, 9.17) is 18.9 Å². The molecule has 1 amide bonds. The first-order valence-corrected chi connectivity index (χ1v) is 9.18. The molecule has 0 saturated heterocycles. The monoisotopic (exact) mass is 388 g/mol. The van der Waals surface area contributed by atoms with Gasteiger partial charge < -0.3 is 29.6 Å². The molecule has 152 valence electrons. The second-order valence-electron chi connectivity index (χ2n) is 5.95. The number of hydrogen-bond donors (Lipinski definition) is 2. The first-order chi connectivity index (χ1) is 13.5. The van der Waals surface area contributed by atoms with E-state index in [0.29, 0.717) is 41.9 Å². The van der Waals surface area contributed by atoms with Gasteiger partial charge in [-0.2, -0.15) is 0 Å². The lowest BCUT2D eigenvalue weighted by Crippen LogP contribution is -2.22. The highest BCUT2D eigenvalue weighted by Gasteiger charge is 2.11. The van der Waals surface area contributed by atoms with Crippen LogP contribution in [-0.4, -0.2) is 39.9 Å². The van der Waals surface area contributed by atoms with E-state index in [-0.39, 0.29) is 12.5 Å². The highest BCUT2D eigenvalue weighted by Crippen LogP contribution is 2.33. The van der Waals surface area contributed by atoms with Gasteiger partial charge >= 0.3 is 0 Å². The lowest BCUT2D eigenvalue weighted by molar-refractivity contribution is -0.114. The molecule has 0 spiro atoms. The number of benzene rings is 2. The molecular weight excluding hydrogens is 360 g/mol. The van der Waals surface area contributed by atoms with Gasteiger partial charge in [0, 0.05) is 23.5 Å². The minimum Gasteiger partial charge on any atom is -0.493 e. The third kappa shape index (κ3) is 5.45. The summed E-state index contributed by atoms with van der Waals surface area (Å²) in [5, 5.41) is 5.98. The van der Waals surface area contributed by atoms with Gasteiger partial charge in [0.2, 0.25) is 5.91 Å². The maximum Gasteiger partial charge on any atom is 0.243 e. The lowest BCUT2D eigenvalue weighted by atomic mass is 10.1. The second kappa shape index (κ2) is 10.3. The molecule has 0 radical (unpaired) electrons. The van der Waals surface area contributed by atoms with Gasteiger partial charge in [-0.15, -0.1) is 0 Å². The van der Waals surface area contributed by atoms with Gasteiger partial charge in [0.15, 0.2) is 23.0 Å². The molecule has 2 aromatic carbocycles. The SMILES string of the molecule is CCOc1ccc(NC(=O)CNc2cc(OC)c(OC)cc2C)cc1OCC. The number of carbonyl (C=O) groups excluding carboxylic acids is 1. The third-order valence-electron chi connectivity index (χ3n) is 4.00. The highest BCUT2D eigenvalue weighted by molar-refractivity contribution is 5.94. The van der Waals surface area contributed by atoms with Crippen molar-refractivity contribution < 1.29 is 23.7 Å². The fourth-order valence-electron chi connectivity index (χ4n) is 2.68. The zero-order valence-electron chi connectivity index (χ0n) is 17.0. The number of anilines is 2. The maximum atomic E-state index is 12.4. The van der Waals surface area contributed by atoms with Crippen LogP contribution in [0.4, 0.5) is 11.4 Å². The molecule has 0 atom stereocenters. The molecule has 0 unspecified atom stereocenters. The van der Waals surface area contributed by atoms with Crippen LogP contribution >= 0.6 is 0 Å². The topological polar surface area (TPSA) is 78.1 Å². The van der Waals surface area contributed by atoms with Crippen LogP contribution in [0.3, 0.4) is 0 Å². The molecule has 0 aliphatic rings. The molecule has 0 fully saturated rings. The van der Waals surface area contributed by atoms with Crippen molar-refractivity contribution >= 4 is 17.3 Å². The van der Waals surface area contributed by atoms with Crippen LogP contribution in [0.1, 0.15) is 19.4 Å².